The van der Waals surface area contributed by atoms with Crippen LogP contribution in [0.4, 0.5) is 0 Å². The van der Waals surface area contributed by atoms with E-state index in [-0.39, 0.29) is 0 Å². The molecule has 0 heterocycles. The molecule has 1 nitrogen and oxygen atoms in total. The standard InChI is InChI=1S/C15H23N/c1-12-5-3-6-13(2)15(12)11-16-10-9-14-7-4-8-14/h3,5-6,14,16H,4,7-11H2,1-2H3. The van der Waals surface area contributed by atoms with E-state index in [4.69, 9.17) is 0 Å². The highest BCUT2D eigenvalue weighted by Crippen LogP contribution is 2.28. The third-order valence-electron chi connectivity index (χ3n) is 3.90. The second-order valence-electron chi connectivity index (χ2n) is 5.13. The Morgan fingerprint density at radius 3 is 2.44 bits per heavy atom. The van der Waals surface area contributed by atoms with Crippen molar-refractivity contribution in [1.82, 2.24) is 5.32 Å². The molecule has 0 bridgehead atoms. The van der Waals surface area contributed by atoms with Crippen LogP contribution in [0.1, 0.15) is 42.4 Å². The molecule has 0 amide bonds. The fourth-order valence-corrected chi connectivity index (χ4v) is 2.43. The fourth-order valence-electron chi connectivity index (χ4n) is 2.43. The highest BCUT2D eigenvalue weighted by Gasteiger charge is 2.16. The van der Waals surface area contributed by atoms with Crippen LogP contribution in [0, 0.1) is 19.8 Å². The molecule has 16 heavy (non-hydrogen) atoms. The molecule has 0 saturated heterocycles. The van der Waals surface area contributed by atoms with Gasteiger partial charge < -0.3 is 5.32 Å². The normalized spacial score (nSPS) is 16.1. The smallest absolute Gasteiger partial charge is 0.0210 e. The van der Waals surface area contributed by atoms with E-state index < -0.39 is 0 Å². The van der Waals surface area contributed by atoms with Gasteiger partial charge in [0.25, 0.3) is 0 Å². The van der Waals surface area contributed by atoms with Gasteiger partial charge in [0, 0.05) is 6.54 Å². The molecule has 1 aromatic carbocycles. The molecule has 1 aromatic rings. The first kappa shape index (κ1) is 11.7. The number of hydrogen-bond acceptors (Lipinski definition) is 1. The quantitative estimate of drug-likeness (QED) is 0.743. The monoisotopic (exact) mass is 217 g/mol. The average molecular weight is 217 g/mol. The molecule has 0 spiro atoms. The van der Waals surface area contributed by atoms with Crippen LogP contribution in [0.25, 0.3) is 0 Å². The maximum absolute atomic E-state index is 3.58. The van der Waals surface area contributed by atoms with Crippen molar-refractivity contribution < 1.29 is 0 Å². The fraction of sp³-hybridized carbons (Fsp3) is 0.600. The zero-order valence-electron chi connectivity index (χ0n) is 10.6. The lowest BCUT2D eigenvalue weighted by atomic mass is 9.83. The Labute approximate surface area is 99.3 Å². The molecule has 0 aromatic heterocycles. The first-order valence-electron chi connectivity index (χ1n) is 6.53. The van der Waals surface area contributed by atoms with Crippen molar-refractivity contribution in [3.05, 3.63) is 34.9 Å². The molecule has 0 radical (unpaired) electrons. The van der Waals surface area contributed by atoms with E-state index in [1.807, 2.05) is 0 Å². The summed E-state index contributed by atoms with van der Waals surface area (Å²) in [6.07, 6.45) is 5.75. The van der Waals surface area contributed by atoms with Crippen LogP contribution in [0.3, 0.4) is 0 Å². The van der Waals surface area contributed by atoms with E-state index in [2.05, 4.69) is 37.4 Å². The zero-order valence-corrected chi connectivity index (χ0v) is 10.6. The highest BCUT2D eigenvalue weighted by atomic mass is 14.8. The Bertz CT molecular complexity index is 319. The predicted octanol–water partition coefficient (Wildman–Crippen LogP) is 3.58. The maximum Gasteiger partial charge on any atom is 0.0210 e. The van der Waals surface area contributed by atoms with Gasteiger partial charge in [-0.2, -0.15) is 0 Å². The highest BCUT2D eigenvalue weighted by molar-refractivity contribution is 5.33. The van der Waals surface area contributed by atoms with Crippen molar-refractivity contribution in [2.75, 3.05) is 6.54 Å². The summed E-state index contributed by atoms with van der Waals surface area (Å²) >= 11 is 0. The van der Waals surface area contributed by atoms with E-state index in [0.29, 0.717) is 0 Å². The van der Waals surface area contributed by atoms with Gasteiger partial charge >= 0.3 is 0 Å². The molecule has 0 atom stereocenters. The van der Waals surface area contributed by atoms with Crippen molar-refractivity contribution in [3.63, 3.8) is 0 Å². The molecular weight excluding hydrogens is 194 g/mol. The first-order valence-corrected chi connectivity index (χ1v) is 6.53. The van der Waals surface area contributed by atoms with Gasteiger partial charge in [-0.1, -0.05) is 37.5 Å². The lowest BCUT2D eigenvalue weighted by Gasteiger charge is -2.25. The maximum atomic E-state index is 3.58. The molecule has 88 valence electrons. The van der Waals surface area contributed by atoms with Gasteiger partial charge in [0.15, 0.2) is 0 Å². The van der Waals surface area contributed by atoms with Gasteiger partial charge in [-0.15, -0.1) is 0 Å². The van der Waals surface area contributed by atoms with Gasteiger partial charge in [0.2, 0.25) is 0 Å². The number of rotatable bonds is 5. The lowest BCUT2D eigenvalue weighted by Crippen LogP contribution is -2.21. The molecular formula is C15H23N. The predicted molar refractivity (Wildman–Crippen MR) is 69.6 cm³/mol. The Morgan fingerprint density at radius 2 is 1.88 bits per heavy atom. The largest absolute Gasteiger partial charge is 0.313 e. The van der Waals surface area contributed by atoms with Crippen molar-refractivity contribution in [2.24, 2.45) is 5.92 Å². The second kappa shape index (κ2) is 5.49. The third-order valence-corrected chi connectivity index (χ3v) is 3.90. The average Bonchev–Trinajstić information content (AvgIpc) is 2.19. The summed E-state index contributed by atoms with van der Waals surface area (Å²) in [4.78, 5) is 0. The van der Waals surface area contributed by atoms with Crippen LogP contribution in [0.15, 0.2) is 18.2 Å². The summed E-state index contributed by atoms with van der Waals surface area (Å²) in [6, 6.07) is 6.55. The number of hydrogen-bond donors (Lipinski definition) is 1. The molecule has 1 fully saturated rings. The van der Waals surface area contributed by atoms with Crippen molar-refractivity contribution >= 4 is 0 Å². The lowest BCUT2D eigenvalue weighted by molar-refractivity contribution is 0.292. The molecule has 2 rings (SSSR count). The second-order valence-corrected chi connectivity index (χ2v) is 5.13. The van der Waals surface area contributed by atoms with E-state index in [9.17, 15) is 0 Å². The number of benzene rings is 1. The van der Waals surface area contributed by atoms with Crippen LogP contribution >= 0.6 is 0 Å². The Morgan fingerprint density at radius 1 is 1.19 bits per heavy atom. The minimum absolute atomic E-state index is 1.02. The SMILES string of the molecule is Cc1cccc(C)c1CNCCC1CCC1. The molecule has 1 aliphatic rings. The molecule has 1 saturated carbocycles. The number of aryl methyl sites for hydroxylation is 2. The number of nitrogens with one attached hydrogen (secondary N) is 1. The third kappa shape index (κ3) is 2.85. The summed E-state index contributed by atoms with van der Waals surface area (Å²) < 4.78 is 0. The molecule has 0 unspecified atom stereocenters. The van der Waals surface area contributed by atoms with Crippen LogP contribution in [-0.4, -0.2) is 6.54 Å². The van der Waals surface area contributed by atoms with Crippen molar-refractivity contribution in [3.8, 4) is 0 Å². The van der Waals surface area contributed by atoms with E-state index in [1.165, 1.54) is 48.9 Å². The topological polar surface area (TPSA) is 12.0 Å². The minimum atomic E-state index is 1.02. The summed E-state index contributed by atoms with van der Waals surface area (Å²) in [5.41, 5.74) is 4.31. The van der Waals surface area contributed by atoms with Crippen LogP contribution in [0.2, 0.25) is 0 Å². The van der Waals surface area contributed by atoms with Crippen molar-refractivity contribution in [2.45, 2.75) is 46.1 Å². The van der Waals surface area contributed by atoms with Crippen molar-refractivity contribution in [1.29, 1.82) is 0 Å². The van der Waals surface area contributed by atoms with Gasteiger partial charge in [-0.25, -0.2) is 0 Å². The summed E-state index contributed by atoms with van der Waals surface area (Å²) in [5, 5.41) is 3.58. The Balaban J connectivity index is 1.75. The molecule has 1 N–H and O–H groups in total. The minimum Gasteiger partial charge on any atom is -0.313 e. The van der Waals surface area contributed by atoms with Gasteiger partial charge in [0.1, 0.15) is 0 Å². The summed E-state index contributed by atoms with van der Waals surface area (Å²) in [5.74, 6) is 1.02. The Hall–Kier alpha value is -0.820. The van der Waals surface area contributed by atoms with E-state index >= 15 is 0 Å². The zero-order chi connectivity index (χ0) is 11.4. The van der Waals surface area contributed by atoms with Gasteiger partial charge in [-0.05, 0) is 49.4 Å². The van der Waals surface area contributed by atoms with Gasteiger partial charge in [0.05, 0.1) is 0 Å². The Kier molecular flexibility index (Phi) is 4.00. The van der Waals surface area contributed by atoms with Crippen LogP contribution < -0.4 is 5.32 Å². The molecule has 1 heteroatoms. The van der Waals surface area contributed by atoms with Crippen LogP contribution in [0.5, 0.6) is 0 Å². The summed E-state index contributed by atoms with van der Waals surface area (Å²) in [6.45, 7) is 6.62. The molecule has 0 aliphatic heterocycles. The van der Waals surface area contributed by atoms with Crippen LogP contribution in [-0.2, 0) is 6.54 Å². The first-order chi connectivity index (χ1) is 7.77. The molecule has 1 aliphatic carbocycles. The van der Waals surface area contributed by atoms with Gasteiger partial charge in [-0.3, -0.25) is 0 Å². The summed E-state index contributed by atoms with van der Waals surface area (Å²) in [7, 11) is 0. The van der Waals surface area contributed by atoms with E-state index in [0.717, 1.165) is 12.5 Å². The van der Waals surface area contributed by atoms with E-state index in [1.54, 1.807) is 0 Å².